The van der Waals surface area contributed by atoms with Crippen molar-refractivity contribution in [1.82, 2.24) is 19.9 Å². The molecule has 1 aliphatic heterocycles. The Balaban J connectivity index is 1.70. The zero-order chi connectivity index (χ0) is 18.7. The third-order valence-electron chi connectivity index (χ3n) is 5.08. The lowest BCUT2D eigenvalue weighted by Crippen LogP contribution is -2.47. The number of amides is 1. The summed E-state index contributed by atoms with van der Waals surface area (Å²) >= 11 is 0. The minimum Gasteiger partial charge on any atom is -0.356 e. The maximum absolute atomic E-state index is 12.2. The quantitative estimate of drug-likeness (QED) is 0.846. The number of piperidine rings is 1. The van der Waals surface area contributed by atoms with Gasteiger partial charge in [0.05, 0.1) is 11.4 Å². The van der Waals surface area contributed by atoms with E-state index in [0.717, 1.165) is 48.7 Å². The van der Waals surface area contributed by atoms with Crippen LogP contribution in [0, 0.1) is 12.8 Å². The van der Waals surface area contributed by atoms with Crippen LogP contribution in [-0.2, 0) is 4.79 Å². The Bertz CT molecular complexity index is 768. The SMILES string of the molecule is Cc1cccnc1-c1cc(N2CCC(N(C)C(=O)C(C)C)CC2)ncn1. The summed E-state index contributed by atoms with van der Waals surface area (Å²) in [6.07, 6.45) is 5.31. The first-order valence-electron chi connectivity index (χ1n) is 9.23. The van der Waals surface area contributed by atoms with Gasteiger partial charge in [0.15, 0.2) is 0 Å². The summed E-state index contributed by atoms with van der Waals surface area (Å²) in [6.45, 7) is 7.72. The number of aromatic nitrogens is 3. The summed E-state index contributed by atoms with van der Waals surface area (Å²) < 4.78 is 0. The summed E-state index contributed by atoms with van der Waals surface area (Å²) in [7, 11) is 1.93. The van der Waals surface area contributed by atoms with E-state index in [1.165, 1.54) is 0 Å². The minimum atomic E-state index is 0.0454. The molecule has 0 bridgehead atoms. The highest BCUT2D eigenvalue weighted by molar-refractivity contribution is 5.78. The number of hydrogen-bond donors (Lipinski definition) is 0. The van der Waals surface area contributed by atoms with Crippen molar-refractivity contribution in [2.24, 2.45) is 5.92 Å². The summed E-state index contributed by atoms with van der Waals surface area (Å²) in [6, 6.07) is 6.29. The molecular weight excluding hydrogens is 326 g/mol. The zero-order valence-corrected chi connectivity index (χ0v) is 16.0. The number of hydrogen-bond acceptors (Lipinski definition) is 5. The average molecular weight is 353 g/mol. The summed E-state index contributed by atoms with van der Waals surface area (Å²) in [5.41, 5.74) is 2.85. The molecule has 0 aliphatic carbocycles. The van der Waals surface area contributed by atoms with Crippen LogP contribution >= 0.6 is 0 Å². The van der Waals surface area contributed by atoms with Gasteiger partial charge < -0.3 is 9.80 Å². The molecule has 2 aromatic heterocycles. The number of carbonyl (C=O) groups is 1. The van der Waals surface area contributed by atoms with Gasteiger partial charge in [-0.1, -0.05) is 19.9 Å². The highest BCUT2D eigenvalue weighted by atomic mass is 16.2. The molecule has 3 rings (SSSR count). The molecule has 1 saturated heterocycles. The molecule has 26 heavy (non-hydrogen) atoms. The lowest BCUT2D eigenvalue weighted by molar-refractivity contribution is -0.135. The van der Waals surface area contributed by atoms with E-state index in [4.69, 9.17) is 0 Å². The molecule has 1 aliphatic rings. The van der Waals surface area contributed by atoms with Gasteiger partial charge in [0.1, 0.15) is 12.1 Å². The highest BCUT2D eigenvalue weighted by Crippen LogP contribution is 2.25. The molecule has 6 nitrogen and oxygen atoms in total. The molecule has 138 valence electrons. The number of nitrogens with zero attached hydrogens (tertiary/aromatic N) is 5. The van der Waals surface area contributed by atoms with Crippen LogP contribution in [0.5, 0.6) is 0 Å². The fraction of sp³-hybridized carbons (Fsp3) is 0.500. The molecule has 6 heteroatoms. The van der Waals surface area contributed by atoms with Crippen LogP contribution < -0.4 is 4.90 Å². The van der Waals surface area contributed by atoms with Crippen molar-refractivity contribution < 1.29 is 4.79 Å². The van der Waals surface area contributed by atoms with Crippen molar-refractivity contribution in [1.29, 1.82) is 0 Å². The van der Waals surface area contributed by atoms with Crippen LogP contribution in [0.4, 0.5) is 5.82 Å². The van der Waals surface area contributed by atoms with E-state index in [-0.39, 0.29) is 11.8 Å². The van der Waals surface area contributed by atoms with Crippen molar-refractivity contribution in [2.75, 3.05) is 25.0 Å². The molecule has 2 aromatic rings. The molecule has 0 spiro atoms. The first-order valence-corrected chi connectivity index (χ1v) is 9.23. The lowest BCUT2D eigenvalue weighted by atomic mass is 10.0. The van der Waals surface area contributed by atoms with Gasteiger partial charge >= 0.3 is 0 Å². The van der Waals surface area contributed by atoms with Gasteiger partial charge in [-0.05, 0) is 31.4 Å². The third kappa shape index (κ3) is 3.84. The lowest BCUT2D eigenvalue weighted by Gasteiger charge is -2.38. The normalized spacial score (nSPS) is 15.3. The predicted octanol–water partition coefficient (Wildman–Crippen LogP) is 2.93. The van der Waals surface area contributed by atoms with E-state index in [1.807, 2.05) is 50.9 Å². The van der Waals surface area contributed by atoms with Crippen molar-refractivity contribution >= 4 is 11.7 Å². The number of pyridine rings is 1. The Morgan fingerprint density at radius 2 is 1.96 bits per heavy atom. The van der Waals surface area contributed by atoms with E-state index in [0.29, 0.717) is 6.04 Å². The number of carbonyl (C=O) groups excluding carboxylic acids is 1. The Hall–Kier alpha value is -2.50. The van der Waals surface area contributed by atoms with Crippen molar-refractivity contribution in [3.8, 4) is 11.4 Å². The summed E-state index contributed by atoms with van der Waals surface area (Å²) in [5, 5.41) is 0. The Kier molecular flexibility index (Phi) is 5.49. The first-order chi connectivity index (χ1) is 12.5. The van der Waals surface area contributed by atoms with Gasteiger partial charge in [0.25, 0.3) is 0 Å². The number of anilines is 1. The van der Waals surface area contributed by atoms with Gasteiger partial charge in [-0.2, -0.15) is 0 Å². The second-order valence-electron chi connectivity index (χ2n) is 7.25. The van der Waals surface area contributed by atoms with Crippen molar-refractivity contribution in [3.63, 3.8) is 0 Å². The number of aryl methyl sites for hydroxylation is 1. The van der Waals surface area contributed by atoms with E-state index < -0.39 is 0 Å². The van der Waals surface area contributed by atoms with E-state index in [9.17, 15) is 4.79 Å². The topological polar surface area (TPSA) is 62.2 Å². The molecule has 0 unspecified atom stereocenters. The smallest absolute Gasteiger partial charge is 0.225 e. The molecule has 1 amide bonds. The molecule has 0 N–H and O–H groups in total. The Morgan fingerprint density at radius 3 is 2.62 bits per heavy atom. The van der Waals surface area contributed by atoms with Crippen molar-refractivity contribution in [2.45, 2.75) is 39.7 Å². The van der Waals surface area contributed by atoms with E-state index in [1.54, 1.807) is 12.5 Å². The predicted molar refractivity (Wildman–Crippen MR) is 103 cm³/mol. The second kappa shape index (κ2) is 7.81. The van der Waals surface area contributed by atoms with E-state index in [2.05, 4.69) is 19.9 Å². The third-order valence-corrected chi connectivity index (χ3v) is 5.08. The fourth-order valence-corrected chi connectivity index (χ4v) is 3.47. The molecule has 0 aromatic carbocycles. The van der Waals surface area contributed by atoms with Crippen LogP contribution in [0.15, 0.2) is 30.7 Å². The zero-order valence-electron chi connectivity index (χ0n) is 16.0. The minimum absolute atomic E-state index is 0.0454. The largest absolute Gasteiger partial charge is 0.356 e. The van der Waals surface area contributed by atoms with Crippen LogP contribution in [0.3, 0.4) is 0 Å². The molecule has 0 atom stereocenters. The van der Waals surface area contributed by atoms with Crippen LogP contribution in [-0.4, -0.2) is 51.9 Å². The monoisotopic (exact) mass is 353 g/mol. The number of rotatable bonds is 4. The van der Waals surface area contributed by atoms with Crippen molar-refractivity contribution in [3.05, 3.63) is 36.3 Å². The first kappa shape index (κ1) is 18.3. The maximum atomic E-state index is 12.2. The molecule has 0 radical (unpaired) electrons. The maximum Gasteiger partial charge on any atom is 0.225 e. The van der Waals surface area contributed by atoms with E-state index >= 15 is 0 Å². The van der Waals surface area contributed by atoms with Gasteiger partial charge in [-0.15, -0.1) is 0 Å². The molecule has 3 heterocycles. The van der Waals surface area contributed by atoms with Crippen LogP contribution in [0.2, 0.25) is 0 Å². The highest BCUT2D eigenvalue weighted by Gasteiger charge is 2.27. The second-order valence-corrected chi connectivity index (χ2v) is 7.25. The fourth-order valence-electron chi connectivity index (χ4n) is 3.47. The Morgan fingerprint density at radius 1 is 1.23 bits per heavy atom. The standard InChI is InChI=1S/C20H27N5O/c1-14(2)20(26)24(4)16-7-10-25(11-8-16)18-12-17(22-13-23-18)19-15(3)6-5-9-21-19/h5-6,9,12-14,16H,7-8,10-11H2,1-4H3. The Labute approximate surface area is 155 Å². The van der Waals surface area contributed by atoms with Crippen LogP contribution in [0.25, 0.3) is 11.4 Å². The van der Waals surface area contributed by atoms with Crippen LogP contribution in [0.1, 0.15) is 32.3 Å². The van der Waals surface area contributed by atoms with Gasteiger partial charge in [0, 0.05) is 44.4 Å². The summed E-state index contributed by atoms with van der Waals surface area (Å²) in [5.74, 6) is 1.19. The molecular formula is C20H27N5O. The van der Waals surface area contributed by atoms with Gasteiger partial charge in [-0.3, -0.25) is 9.78 Å². The van der Waals surface area contributed by atoms with Gasteiger partial charge in [0.2, 0.25) is 5.91 Å². The summed E-state index contributed by atoms with van der Waals surface area (Å²) in [4.78, 5) is 29.7. The molecule has 0 saturated carbocycles. The average Bonchev–Trinajstić information content (AvgIpc) is 2.67. The molecule has 1 fully saturated rings. The van der Waals surface area contributed by atoms with Gasteiger partial charge in [-0.25, -0.2) is 9.97 Å².